The fraction of sp³-hybridized carbons (Fsp3) is 0.400. The first-order valence-corrected chi connectivity index (χ1v) is 7.18. The standard InChI is InChI=1S/C15H23N5O2/c1-3-20(4-2)15(17)19-9-11-5-7-12(8-6-11)14(22)18-10-13(16)21/h5-8H,3-4,9-10H2,1-2H3,(H2,16,21)(H2,17,19)(H,18,22). The third-order valence-corrected chi connectivity index (χ3v) is 3.15. The van der Waals surface area contributed by atoms with E-state index < -0.39 is 5.91 Å². The Morgan fingerprint density at radius 1 is 1.14 bits per heavy atom. The Morgan fingerprint density at radius 3 is 2.23 bits per heavy atom. The van der Waals surface area contributed by atoms with E-state index in [1.165, 1.54) is 0 Å². The van der Waals surface area contributed by atoms with E-state index in [1.54, 1.807) is 24.3 Å². The van der Waals surface area contributed by atoms with Gasteiger partial charge in [-0.15, -0.1) is 0 Å². The number of hydrogen-bond donors (Lipinski definition) is 3. The monoisotopic (exact) mass is 305 g/mol. The van der Waals surface area contributed by atoms with Crippen LogP contribution in [0.15, 0.2) is 29.3 Å². The number of primary amides is 1. The third kappa shape index (κ3) is 5.43. The highest BCUT2D eigenvalue weighted by molar-refractivity contribution is 5.96. The number of nitrogens with two attached hydrogens (primary N) is 2. The van der Waals surface area contributed by atoms with Gasteiger partial charge in [-0.2, -0.15) is 0 Å². The molecule has 5 N–H and O–H groups in total. The van der Waals surface area contributed by atoms with Crippen LogP contribution in [0.1, 0.15) is 29.8 Å². The zero-order chi connectivity index (χ0) is 16.5. The molecule has 0 aliphatic carbocycles. The Morgan fingerprint density at radius 2 is 1.73 bits per heavy atom. The molecule has 0 saturated heterocycles. The molecule has 0 atom stereocenters. The Kier molecular flexibility index (Phi) is 6.88. The number of aliphatic imine (C=N–C) groups is 1. The van der Waals surface area contributed by atoms with Crippen LogP contribution in [-0.4, -0.2) is 42.3 Å². The van der Waals surface area contributed by atoms with E-state index in [0.29, 0.717) is 18.1 Å². The molecule has 7 nitrogen and oxygen atoms in total. The van der Waals surface area contributed by atoms with Gasteiger partial charge in [-0.3, -0.25) is 9.59 Å². The summed E-state index contributed by atoms with van der Waals surface area (Å²) in [4.78, 5) is 28.6. The van der Waals surface area contributed by atoms with Crippen molar-refractivity contribution in [2.45, 2.75) is 20.4 Å². The number of rotatable bonds is 7. The van der Waals surface area contributed by atoms with Crippen LogP contribution in [0.4, 0.5) is 0 Å². The Bertz CT molecular complexity index is 535. The van der Waals surface area contributed by atoms with Gasteiger partial charge in [-0.05, 0) is 31.5 Å². The highest BCUT2D eigenvalue weighted by Gasteiger charge is 2.06. The summed E-state index contributed by atoms with van der Waals surface area (Å²) in [6, 6.07) is 6.96. The minimum atomic E-state index is -0.578. The minimum absolute atomic E-state index is 0.175. The maximum absolute atomic E-state index is 11.7. The lowest BCUT2D eigenvalue weighted by molar-refractivity contribution is -0.117. The van der Waals surface area contributed by atoms with Gasteiger partial charge < -0.3 is 21.7 Å². The molecule has 0 spiro atoms. The second-order valence-electron chi connectivity index (χ2n) is 4.69. The molecule has 0 saturated carbocycles. The summed E-state index contributed by atoms with van der Waals surface area (Å²) in [6.07, 6.45) is 0. The summed E-state index contributed by atoms with van der Waals surface area (Å²) in [5.74, 6) is -0.407. The molecule has 7 heteroatoms. The third-order valence-electron chi connectivity index (χ3n) is 3.15. The van der Waals surface area contributed by atoms with Crippen LogP contribution in [0, 0.1) is 0 Å². The molecule has 0 fully saturated rings. The van der Waals surface area contributed by atoms with Gasteiger partial charge in [0.2, 0.25) is 5.91 Å². The zero-order valence-corrected chi connectivity index (χ0v) is 13.0. The van der Waals surface area contributed by atoms with Gasteiger partial charge in [0.05, 0.1) is 13.1 Å². The number of amides is 2. The van der Waals surface area contributed by atoms with E-state index in [0.717, 1.165) is 18.7 Å². The summed E-state index contributed by atoms with van der Waals surface area (Å²) in [5.41, 5.74) is 12.3. The van der Waals surface area contributed by atoms with Crippen LogP contribution in [-0.2, 0) is 11.3 Å². The molecular weight excluding hydrogens is 282 g/mol. The number of benzene rings is 1. The molecule has 0 aromatic heterocycles. The van der Waals surface area contributed by atoms with Crippen molar-refractivity contribution in [3.05, 3.63) is 35.4 Å². The first kappa shape index (κ1) is 17.5. The van der Waals surface area contributed by atoms with Crippen molar-refractivity contribution >= 4 is 17.8 Å². The fourth-order valence-corrected chi connectivity index (χ4v) is 1.85. The predicted molar refractivity (Wildman–Crippen MR) is 86.2 cm³/mol. The van der Waals surface area contributed by atoms with Crippen LogP contribution >= 0.6 is 0 Å². The average Bonchev–Trinajstić information content (AvgIpc) is 2.52. The number of hydrogen-bond acceptors (Lipinski definition) is 3. The van der Waals surface area contributed by atoms with Crippen LogP contribution < -0.4 is 16.8 Å². The number of nitrogens with zero attached hydrogens (tertiary/aromatic N) is 2. The summed E-state index contributed by atoms with van der Waals surface area (Å²) in [7, 11) is 0. The van der Waals surface area contributed by atoms with Crippen LogP contribution in [0.5, 0.6) is 0 Å². The van der Waals surface area contributed by atoms with Crippen molar-refractivity contribution in [1.29, 1.82) is 0 Å². The van der Waals surface area contributed by atoms with Gasteiger partial charge in [0.25, 0.3) is 5.91 Å². The second-order valence-corrected chi connectivity index (χ2v) is 4.69. The first-order chi connectivity index (χ1) is 10.5. The normalized spacial score (nSPS) is 11.1. The van der Waals surface area contributed by atoms with Gasteiger partial charge in [-0.1, -0.05) is 12.1 Å². The Labute approximate surface area is 130 Å². The molecule has 0 radical (unpaired) electrons. The minimum Gasteiger partial charge on any atom is -0.370 e. The highest BCUT2D eigenvalue weighted by Crippen LogP contribution is 2.06. The summed E-state index contributed by atoms with van der Waals surface area (Å²) in [6.45, 7) is 5.93. The molecule has 0 unspecified atom stereocenters. The fourth-order valence-electron chi connectivity index (χ4n) is 1.85. The summed E-state index contributed by atoms with van der Waals surface area (Å²) in [5, 5.41) is 2.43. The molecule has 1 aromatic rings. The summed E-state index contributed by atoms with van der Waals surface area (Å²) >= 11 is 0. The molecule has 0 heterocycles. The van der Waals surface area contributed by atoms with E-state index in [9.17, 15) is 9.59 Å². The van der Waals surface area contributed by atoms with Gasteiger partial charge in [0.1, 0.15) is 0 Å². The Hall–Kier alpha value is -2.57. The predicted octanol–water partition coefficient (Wildman–Crippen LogP) is 0.0582. The largest absolute Gasteiger partial charge is 0.370 e. The van der Waals surface area contributed by atoms with E-state index >= 15 is 0 Å². The average molecular weight is 305 g/mol. The maximum atomic E-state index is 11.7. The first-order valence-electron chi connectivity index (χ1n) is 7.18. The lowest BCUT2D eigenvalue weighted by Crippen LogP contribution is -2.37. The molecule has 0 bridgehead atoms. The van der Waals surface area contributed by atoms with Crippen molar-refractivity contribution in [3.63, 3.8) is 0 Å². The number of carbonyl (C=O) groups excluding carboxylic acids is 2. The van der Waals surface area contributed by atoms with E-state index in [2.05, 4.69) is 10.3 Å². The molecule has 120 valence electrons. The van der Waals surface area contributed by atoms with Crippen molar-refractivity contribution in [1.82, 2.24) is 10.2 Å². The molecule has 0 aliphatic rings. The molecule has 1 rings (SSSR count). The van der Waals surface area contributed by atoms with Crippen molar-refractivity contribution in [2.24, 2.45) is 16.5 Å². The number of nitrogens with one attached hydrogen (secondary N) is 1. The van der Waals surface area contributed by atoms with Gasteiger partial charge in [-0.25, -0.2) is 4.99 Å². The van der Waals surface area contributed by atoms with Crippen molar-refractivity contribution in [3.8, 4) is 0 Å². The second kappa shape index (κ2) is 8.66. The van der Waals surface area contributed by atoms with Gasteiger partial charge in [0, 0.05) is 18.7 Å². The molecule has 22 heavy (non-hydrogen) atoms. The lowest BCUT2D eigenvalue weighted by Gasteiger charge is -2.19. The lowest BCUT2D eigenvalue weighted by atomic mass is 10.1. The van der Waals surface area contributed by atoms with Gasteiger partial charge >= 0.3 is 0 Å². The molecule has 0 aliphatic heterocycles. The van der Waals surface area contributed by atoms with E-state index in [1.807, 2.05) is 18.7 Å². The highest BCUT2D eigenvalue weighted by atomic mass is 16.2. The molecular formula is C15H23N5O2. The van der Waals surface area contributed by atoms with Crippen LogP contribution in [0.3, 0.4) is 0 Å². The Balaban J connectivity index is 2.63. The molecule has 2 amide bonds. The smallest absolute Gasteiger partial charge is 0.251 e. The number of guanidine groups is 1. The van der Waals surface area contributed by atoms with Crippen molar-refractivity contribution < 1.29 is 9.59 Å². The van der Waals surface area contributed by atoms with E-state index in [-0.39, 0.29) is 12.5 Å². The van der Waals surface area contributed by atoms with Gasteiger partial charge in [0.15, 0.2) is 5.96 Å². The van der Waals surface area contributed by atoms with Crippen LogP contribution in [0.2, 0.25) is 0 Å². The van der Waals surface area contributed by atoms with E-state index in [4.69, 9.17) is 11.5 Å². The zero-order valence-electron chi connectivity index (χ0n) is 13.0. The van der Waals surface area contributed by atoms with Crippen LogP contribution in [0.25, 0.3) is 0 Å². The summed E-state index contributed by atoms with van der Waals surface area (Å²) < 4.78 is 0. The SMILES string of the molecule is CCN(CC)C(N)=NCc1ccc(C(=O)NCC(N)=O)cc1. The maximum Gasteiger partial charge on any atom is 0.251 e. The number of carbonyl (C=O) groups is 2. The molecule has 1 aromatic carbocycles. The quantitative estimate of drug-likeness (QED) is 0.488. The van der Waals surface area contributed by atoms with Crippen molar-refractivity contribution in [2.75, 3.05) is 19.6 Å². The topological polar surface area (TPSA) is 114 Å².